The zero-order valence-electron chi connectivity index (χ0n) is 35.0. The fraction of sp³-hybridized carbons (Fsp3) is 0.295. The van der Waals surface area contributed by atoms with E-state index in [1.54, 1.807) is 6.92 Å². The monoisotopic (exact) mass is 924 g/mol. The first-order chi connectivity index (χ1) is 31.5. The molecule has 0 unspecified atom stereocenters. The van der Waals surface area contributed by atoms with Crippen molar-refractivity contribution in [1.29, 1.82) is 0 Å². The molecule has 3 heterocycles. The lowest BCUT2D eigenvalue weighted by Gasteiger charge is -2.46. The van der Waals surface area contributed by atoms with E-state index < -0.39 is 79.9 Å². The normalized spacial score (nSPS) is 20.2. The highest BCUT2D eigenvalue weighted by atomic mass is 32.2. The van der Waals surface area contributed by atoms with Crippen molar-refractivity contribution in [3.8, 4) is 0 Å². The van der Waals surface area contributed by atoms with Gasteiger partial charge in [0.05, 0.1) is 38.4 Å². The second-order valence-electron chi connectivity index (χ2n) is 15.7. The number of benzene rings is 4. The average Bonchev–Trinajstić information content (AvgIpc) is 3.83. The van der Waals surface area contributed by atoms with Gasteiger partial charge in [-0.05, 0) is 84.6 Å². The number of carbonyl (C=O) groups excluding carboxylic acids is 5. The highest BCUT2D eigenvalue weighted by Gasteiger charge is 2.60. The van der Waals surface area contributed by atoms with Crippen LogP contribution in [0.5, 0.6) is 0 Å². The summed E-state index contributed by atoms with van der Waals surface area (Å²) in [6.45, 7) is 2.42. The third kappa shape index (κ3) is 9.98. The number of carbonyl (C=O) groups is 5. The number of nitro benzene ring substituents is 3. The van der Waals surface area contributed by atoms with E-state index in [4.69, 9.17) is 14.2 Å². The molecule has 4 aromatic carbocycles. The van der Waals surface area contributed by atoms with Gasteiger partial charge in [-0.15, -0.1) is 11.8 Å². The number of rotatable bonds is 16. The Morgan fingerprint density at radius 3 is 1.77 bits per heavy atom. The van der Waals surface area contributed by atoms with E-state index in [1.807, 2.05) is 0 Å². The van der Waals surface area contributed by atoms with Crippen molar-refractivity contribution in [2.45, 2.75) is 63.5 Å². The Hall–Kier alpha value is -7.72. The van der Waals surface area contributed by atoms with Crippen molar-refractivity contribution in [2.75, 3.05) is 11.9 Å². The number of ether oxygens (including phenoxy) is 3. The van der Waals surface area contributed by atoms with Crippen molar-refractivity contribution in [2.24, 2.45) is 11.8 Å². The molecule has 4 aromatic rings. The van der Waals surface area contributed by atoms with Crippen LogP contribution in [0.3, 0.4) is 0 Å². The smallest absolute Gasteiger partial charge is 0.410 e. The van der Waals surface area contributed by atoms with E-state index in [0.717, 1.165) is 0 Å². The number of esters is 2. The average molecular weight is 925 g/mol. The maximum atomic E-state index is 14.1. The molecule has 0 aromatic heterocycles. The van der Waals surface area contributed by atoms with Crippen molar-refractivity contribution in [1.82, 2.24) is 9.80 Å². The van der Waals surface area contributed by atoms with E-state index in [2.05, 4.69) is 5.32 Å². The Balaban J connectivity index is 1.10. The molecule has 0 radical (unpaired) electrons. The van der Waals surface area contributed by atoms with E-state index in [1.165, 1.54) is 126 Å². The summed E-state index contributed by atoms with van der Waals surface area (Å²) < 4.78 is 16.6. The summed E-state index contributed by atoms with van der Waals surface area (Å²) >= 11 is 1.17. The lowest BCUT2D eigenvalue weighted by Crippen LogP contribution is -2.63. The Bertz CT molecular complexity index is 2620. The van der Waals surface area contributed by atoms with Crippen LogP contribution in [0.2, 0.25) is 0 Å². The number of hydrogen-bond donors (Lipinski definition) is 2. The van der Waals surface area contributed by atoms with Gasteiger partial charge in [0.2, 0.25) is 11.8 Å². The standard InChI is InChI=1S/C44H40N6O15S/c1-24-37-36(25(2)51)41(53)47(37)38(43(55)64-22-27-8-14-32(15-9-27)49(59)60)39(24)66-34-19-35(46(20-34)44(56)65-23-28-10-16-33(17-11-28)50(61)62)40(52)45-30-5-3-4-29(18-30)42(54)63-21-26-6-12-31(13-7-26)48(57)58/h3-18,24-25,34-37,51H,19-23H2,1-2H3,(H,45,52)/t24-,25-,34+,35+,36-,37-/m1/s1. The van der Waals surface area contributed by atoms with E-state index in [9.17, 15) is 59.4 Å². The molecule has 0 saturated carbocycles. The molecular weight excluding hydrogens is 885 g/mol. The molecule has 0 aliphatic carbocycles. The number of nitro groups is 3. The van der Waals surface area contributed by atoms with Gasteiger partial charge in [0.1, 0.15) is 31.6 Å². The maximum absolute atomic E-state index is 14.1. The van der Waals surface area contributed by atoms with Crippen molar-refractivity contribution in [3.63, 3.8) is 0 Å². The Labute approximate surface area is 378 Å². The molecule has 7 rings (SSSR count). The zero-order valence-corrected chi connectivity index (χ0v) is 35.9. The van der Waals surface area contributed by atoms with E-state index >= 15 is 0 Å². The van der Waals surface area contributed by atoms with Crippen molar-refractivity contribution in [3.05, 3.63) is 160 Å². The minimum atomic E-state index is -1.18. The van der Waals surface area contributed by atoms with Crippen LogP contribution in [0.15, 0.2) is 108 Å². The fourth-order valence-electron chi connectivity index (χ4n) is 7.95. The van der Waals surface area contributed by atoms with Gasteiger partial charge < -0.3 is 29.5 Å². The Morgan fingerprint density at radius 2 is 1.27 bits per heavy atom. The molecular formula is C44H40N6O15S. The molecule has 2 N–H and O–H groups in total. The Kier molecular flexibility index (Phi) is 13.7. The van der Waals surface area contributed by atoms with Crippen LogP contribution in [0.1, 0.15) is 47.3 Å². The third-order valence-electron chi connectivity index (χ3n) is 11.3. The number of thioether (sulfide) groups is 1. The summed E-state index contributed by atoms with van der Waals surface area (Å²) in [5.74, 6) is -4.07. The number of nitrogens with one attached hydrogen (secondary N) is 1. The fourth-order valence-corrected chi connectivity index (χ4v) is 9.47. The lowest BCUT2D eigenvalue weighted by molar-refractivity contribution is -0.385. The second kappa shape index (κ2) is 19.6. The minimum absolute atomic E-state index is 0.0138. The number of aliphatic hydroxyl groups excluding tert-OH is 1. The molecule has 21 nitrogen and oxygen atoms in total. The molecule has 2 fully saturated rings. The largest absolute Gasteiger partial charge is 0.457 e. The van der Waals surface area contributed by atoms with E-state index in [0.29, 0.717) is 21.6 Å². The summed E-state index contributed by atoms with van der Waals surface area (Å²) in [6, 6.07) is 20.3. The molecule has 66 heavy (non-hydrogen) atoms. The highest BCUT2D eigenvalue weighted by molar-refractivity contribution is 8.03. The predicted molar refractivity (Wildman–Crippen MR) is 232 cm³/mol. The Morgan fingerprint density at radius 1 is 0.773 bits per heavy atom. The molecule has 3 amide bonds. The van der Waals surface area contributed by atoms with Gasteiger partial charge in [0.25, 0.3) is 17.1 Å². The third-order valence-corrected chi connectivity index (χ3v) is 12.8. The summed E-state index contributed by atoms with van der Waals surface area (Å²) in [5.41, 5.74) is 1.11. The van der Waals surface area contributed by atoms with Gasteiger partial charge in [-0.2, -0.15) is 0 Å². The summed E-state index contributed by atoms with van der Waals surface area (Å²) in [6.07, 6.45) is -1.93. The van der Waals surface area contributed by atoms with Crippen LogP contribution < -0.4 is 5.32 Å². The lowest BCUT2D eigenvalue weighted by atomic mass is 9.79. The molecule has 2 saturated heterocycles. The number of β-lactam (4-membered cyclic amide) rings is 1. The van der Waals surface area contributed by atoms with Crippen LogP contribution in [-0.4, -0.2) is 89.5 Å². The number of hydrogen-bond acceptors (Lipinski definition) is 16. The number of amides is 3. The van der Waals surface area contributed by atoms with Crippen LogP contribution in [0, 0.1) is 42.2 Å². The zero-order chi connectivity index (χ0) is 47.4. The minimum Gasteiger partial charge on any atom is -0.457 e. The second-order valence-corrected chi connectivity index (χ2v) is 17.0. The molecule has 0 spiro atoms. The van der Waals surface area contributed by atoms with Gasteiger partial charge in [0.15, 0.2) is 0 Å². The quantitative estimate of drug-likeness (QED) is 0.0426. The van der Waals surface area contributed by atoms with Gasteiger partial charge in [-0.1, -0.05) is 13.0 Å². The SMILES string of the molecule is C[C@@H](O)[C@H]1C(=O)N2C(C(=O)OCc3ccc([N+](=O)[O-])cc3)=C(S[C@H]3C[C@@H](C(=O)Nc4cccc(C(=O)OCc5ccc([N+](=O)[O-])cc5)c4)N(C(=O)OCc4ccc([N+](=O)[O-])cc4)C3)[C@H](C)[C@H]12. The summed E-state index contributed by atoms with van der Waals surface area (Å²) in [5, 5.41) is 46.0. The van der Waals surface area contributed by atoms with Crippen LogP contribution in [0.25, 0.3) is 0 Å². The molecule has 3 aliphatic rings. The molecule has 22 heteroatoms. The van der Waals surface area contributed by atoms with Gasteiger partial charge >= 0.3 is 18.0 Å². The summed E-state index contributed by atoms with van der Waals surface area (Å²) in [7, 11) is 0. The molecule has 6 atom stereocenters. The first-order valence-corrected chi connectivity index (χ1v) is 21.2. The topological polar surface area (TPSA) is 281 Å². The number of likely N-dealkylation sites (tertiary alicyclic amines) is 1. The maximum Gasteiger partial charge on any atom is 0.410 e. The number of fused-ring (bicyclic) bond motifs is 1. The highest BCUT2D eigenvalue weighted by Crippen LogP contribution is 2.52. The van der Waals surface area contributed by atoms with Crippen LogP contribution in [-0.2, 0) is 48.4 Å². The molecule has 342 valence electrons. The van der Waals surface area contributed by atoms with Gasteiger partial charge in [0, 0.05) is 64.7 Å². The number of anilines is 1. The summed E-state index contributed by atoms with van der Waals surface area (Å²) in [4.78, 5) is 103. The van der Waals surface area contributed by atoms with Gasteiger partial charge in [-0.25, -0.2) is 14.4 Å². The molecule has 3 aliphatic heterocycles. The first kappa shape index (κ1) is 46.3. The van der Waals surface area contributed by atoms with Crippen molar-refractivity contribution >= 4 is 64.4 Å². The van der Waals surface area contributed by atoms with Crippen molar-refractivity contribution < 1.29 is 58.1 Å². The first-order valence-electron chi connectivity index (χ1n) is 20.3. The number of aliphatic hydroxyl groups is 1. The predicted octanol–water partition coefficient (Wildman–Crippen LogP) is 6.03. The van der Waals surface area contributed by atoms with E-state index in [-0.39, 0.29) is 66.8 Å². The van der Waals surface area contributed by atoms with Gasteiger partial charge in [-0.3, -0.25) is 44.8 Å². The van der Waals surface area contributed by atoms with Crippen LogP contribution >= 0.6 is 11.8 Å². The number of nitrogens with zero attached hydrogens (tertiary/aromatic N) is 5. The van der Waals surface area contributed by atoms with Crippen LogP contribution in [0.4, 0.5) is 27.5 Å². The molecule has 0 bridgehead atoms. The number of non-ortho nitro benzene ring substituents is 3.